The number of ether oxygens (including phenoxy) is 1. The van der Waals surface area contributed by atoms with Gasteiger partial charge in [-0.3, -0.25) is 4.72 Å². The first-order valence-electron chi connectivity index (χ1n) is 16.7. The number of nitrogens with one attached hydrogen (secondary N) is 1. The van der Waals surface area contributed by atoms with E-state index >= 15 is 0 Å². The maximum absolute atomic E-state index is 12.5. The molecule has 1 amide bonds. The number of pyridine rings is 1. The summed E-state index contributed by atoms with van der Waals surface area (Å²) >= 11 is 1.30. The smallest absolute Gasteiger partial charge is 0.417 e. The average Bonchev–Trinajstić information content (AvgIpc) is 3.32. The first-order chi connectivity index (χ1) is 19.4. The molecule has 5 aliphatic rings. The van der Waals surface area contributed by atoms with Crippen LogP contribution in [0.4, 0.5) is 10.6 Å². The molecule has 8 atom stereocenters. The first-order valence-corrected chi connectivity index (χ1v) is 17.5. The molecule has 0 aromatic carbocycles. The summed E-state index contributed by atoms with van der Waals surface area (Å²) in [5, 5.41) is 0. The van der Waals surface area contributed by atoms with Crippen LogP contribution < -0.4 is 9.62 Å². The normalized spacial score (nSPS) is 39.1. The number of hydrogen-bond donors (Lipinski definition) is 1. The van der Waals surface area contributed by atoms with Crippen molar-refractivity contribution in [3.63, 3.8) is 0 Å². The van der Waals surface area contributed by atoms with E-state index in [0.29, 0.717) is 23.4 Å². The molecule has 1 N–H and O–H groups in total. The third-order valence-corrected chi connectivity index (χ3v) is 13.6. The van der Waals surface area contributed by atoms with Crippen LogP contribution >= 0.6 is 11.9 Å². The summed E-state index contributed by atoms with van der Waals surface area (Å²) in [5.74, 6) is 6.37. The monoisotopic (exact) mass is 567 g/mol. The van der Waals surface area contributed by atoms with Crippen molar-refractivity contribution in [3.8, 4) is 0 Å². The van der Waals surface area contributed by atoms with Crippen molar-refractivity contribution in [2.75, 3.05) is 24.6 Å². The summed E-state index contributed by atoms with van der Waals surface area (Å²) in [4.78, 5) is 20.4. The maximum atomic E-state index is 12.5. The third-order valence-electron chi connectivity index (χ3n) is 12.8. The van der Waals surface area contributed by atoms with Crippen LogP contribution in [0.3, 0.4) is 0 Å². The lowest BCUT2D eigenvalue weighted by Gasteiger charge is -2.62. The number of carbonyl (C=O) groups excluding carboxylic acids is 1. The van der Waals surface area contributed by atoms with Crippen LogP contribution in [0, 0.1) is 46.3 Å². The van der Waals surface area contributed by atoms with Crippen LogP contribution in [0.2, 0.25) is 0 Å². The molecule has 4 saturated carbocycles. The van der Waals surface area contributed by atoms with Gasteiger partial charge >= 0.3 is 6.09 Å². The molecule has 0 spiro atoms. The van der Waals surface area contributed by atoms with Crippen LogP contribution in [0.15, 0.2) is 23.2 Å². The Morgan fingerprint density at radius 3 is 2.60 bits per heavy atom. The SMILES string of the molecule is CC[C@H]1CC2C3CCC(CCOC(=O)NSc4ccc(N5CCCCC5)nc4)C3(C)CC[C@@H]2C2(C)CCCCC12. The van der Waals surface area contributed by atoms with E-state index in [-0.39, 0.29) is 6.09 Å². The quantitative estimate of drug-likeness (QED) is 0.334. The van der Waals surface area contributed by atoms with Crippen LogP contribution in [0.1, 0.15) is 111 Å². The van der Waals surface area contributed by atoms with Crippen LogP contribution in [0.25, 0.3) is 0 Å². The lowest BCUT2D eigenvalue weighted by atomic mass is 9.42. The minimum absolute atomic E-state index is 0.331. The van der Waals surface area contributed by atoms with E-state index in [1.807, 2.05) is 12.3 Å². The molecule has 6 heteroatoms. The number of hydrogen-bond acceptors (Lipinski definition) is 5. The van der Waals surface area contributed by atoms with Gasteiger partial charge in [0.15, 0.2) is 0 Å². The number of anilines is 1. The zero-order valence-electron chi connectivity index (χ0n) is 25.3. The van der Waals surface area contributed by atoms with E-state index < -0.39 is 0 Å². The minimum atomic E-state index is -0.331. The highest BCUT2D eigenvalue weighted by Crippen LogP contribution is 2.69. The molecule has 5 fully saturated rings. The molecule has 1 saturated heterocycles. The second kappa shape index (κ2) is 12.1. The van der Waals surface area contributed by atoms with Crippen molar-refractivity contribution in [3.05, 3.63) is 18.3 Å². The lowest BCUT2D eigenvalue weighted by Crippen LogP contribution is -2.55. The van der Waals surface area contributed by atoms with E-state index in [1.165, 1.54) is 95.4 Å². The highest BCUT2D eigenvalue weighted by atomic mass is 32.2. The van der Waals surface area contributed by atoms with Crippen molar-refractivity contribution >= 4 is 23.9 Å². The molecule has 0 radical (unpaired) electrons. The van der Waals surface area contributed by atoms with Crippen molar-refractivity contribution in [2.45, 2.75) is 116 Å². The van der Waals surface area contributed by atoms with Crippen molar-refractivity contribution in [1.29, 1.82) is 0 Å². The van der Waals surface area contributed by atoms with Gasteiger partial charge in [0.2, 0.25) is 0 Å². The first kappa shape index (κ1) is 28.7. The summed E-state index contributed by atoms with van der Waals surface area (Å²) in [7, 11) is 0. The van der Waals surface area contributed by atoms with Crippen LogP contribution in [-0.4, -0.2) is 30.8 Å². The molecule has 222 valence electrons. The van der Waals surface area contributed by atoms with Gasteiger partial charge in [-0.1, -0.05) is 40.0 Å². The van der Waals surface area contributed by atoms with Gasteiger partial charge in [-0.25, -0.2) is 9.78 Å². The topological polar surface area (TPSA) is 54.5 Å². The van der Waals surface area contributed by atoms with E-state index in [0.717, 1.165) is 59.8 Å². The lowest BCUT2D eigenvalue weighted by molar-refractivity contribution is -0.136. The molecule has 1 aromatic rings. The molecule has 0 bridgehead atoms. The number of nitrogens with zero attached hydrogens (tertiary/aromatic N) is 2. The number of fused-ring (bicyclic) bond motifs is 5. The van der Waals surface area contributed by atoms with Crippen molar-refractivity contribution in [1.82, 2.24) is 9.71 Å². The molecule has 2 heterocycles. The van der Waals surface area contributed by atoms with Gasteiger partial charge in [0.25, 0.3) is 0 Å². The van der Waals surface area contributed by atoms with Gasteiger partial charge in [-0.05, 0) is 141 Å². The molecule has 6 rings (SSSR count). The predicted octanol–water partition coefficient (Wildman–Crippen LogP) is 8.88. The fourth-order valence-corrected chi connectivity index (χ4v) is 11.3. The summed E-state index contributed by atoms with van der Waals surface area (Å²) < 4.78 is 8.57. The fourth-order valence-electron chi connectivity index (χ4n) is 10.8. The summed E-state index contributed by atoms with van der Waals surface area (Å²) in [5.41, 5.74) is 1.01. The standard InChI is InChI=1S/C34H53N3O2S/c1-4-24-22-27-29-13-11-25(33(29,2)18-15-30(27)34(3)17-7-6-10-28(24)34)16-21-39-32(38)36-40-26-12-14-31(35-23-26)37-19-8-5-9-20-37/h12,14,23-25,27-30H,4-11,13,15-22H2,1-3H3,(H,36,38)/t24-,25?,27?,28?,29?,30-,33?,34?/m0/s1. The minimum Gasteiger partial charge on any atom is -0.449 e. The molecule has 1 aromatic heterocycles. The van der Waals surface area contributed by atoms with E-state index in [1.54, 1.807) is 0 Å². The molecular weight excluding hydrogens is 514 g/mol. The van der Waals surface area contributed by atoms with Gasteiger partial charge in [0, 0.05) is 24.2 Å². The molecule has 1 aliphatic heterocycles. The highest BCUT2D eigenvalue weighted by Gasteiger charge is 2.61. The number of aromatic nitrogens is 1. The van der Waals surface area contributed by atoms with Gasteiger partial charge in [0.05, 0.1) is 6.61 Å². The molecule has 40 heavy (non-hydrogen) atoms. The zero-order chi connectivity index (χ0) is 27.7. The number of piperidine rings is 1. The Hall–Kier alpha value is -1.43. The van der Waals surface area contributed by atoms with Crippen LogP contribution in [-0.2, 0) is 4.74 Å². The molecular formula is C34H53N3O2S. The molecule has 6 unspecified atom stereocenters. The number of rotatable bonds is 7. The Labute approximate surface area is 247 Å². The Balaban J connectivity index is 0.987. The second-order valence-electron chi connectivity index (χ2n) is 14.5. The Kier molecular flexibility index (Phi) is 8.64. The van der Waals surface area contributed by atoms with Gasteiger partial charge in [0.1, 0.15) is 5.82 Å². The largest absolute Gasteiger partial charge is 0.449 e. The highest BCUT2D eigenvalue weighted by molar-refractivity contribution is 7.98. The van der Waals surface area contributed by atoms with Crippen LogP contribution in [0.5, 0.6) is 0 Å². The molecule has 4 aliphatic carbocycles. The number of amides is 1. The van der Waals surface area contributed by atoms with Crippen molar-refractivity contribution < 1.29 is 9.53 Å². The van der Waals surface area contributed by atoms with E-state index in [9.17, 15) is 4.79 Å². The Bertz CT molecular complexity index is 1010. The third kappa shape index (κ3) is 5.40. The number of carbonyl (C=O) groups is 1. The maximum Gasteiger partial charge on any atom is 0.417 e. The van der Waals surface area contributed by atoms with Gasteiger partial charge in [-0.2, -0.15) is 0 Å². The molecule has 5 nitrogen and oxygen atoms in total. The van der Waals surface area contributed by atoms with Gasteiger partial charge in [-0.15, -0.1) is 0 Å². The zero-order valence-corrected chi connectivity index (χ0v) is 26.2. The summed E-state index contributed by atoms with van der Waals surface area (Å²) in [6.07, 6.45) is 20.6. The fraction of sp³-hybridized carbons (Fsp3) is 0.824. The second-order valence-corrected chi connectivity index (χ2v) is 15.4. The van der Waals surface area contributed by atoms with Gasteiger partial charge < -0.3 is 9.64 Å². The van der Waals surface area contributed by atoms with E-state index in [4.69, 9.17) is 4.74 Å². The van der Waals surface area contributed by atoms with Crippen molar-refractivity contribution in [2.24, 2.45) is 46.3 Å². The van der Waals surface area contributed by atoms with E-state index in [2.05, 4.69) is 41.4 Å². The Morgan fingerprint density at radius 1 is 1.00 bits per heavy atom. The summed E-state index contributed by atoms with van der Waals surface area (Å²) in [6, 6.07) is 4.11. The predicted molar refractivity (Wildman–Crippen MR) is 164 cm³/mol. The Morgan fingerprint density at radius 2 is 1.82 bits per heavy atom. The summed E-state index contributed by atoms with van der Waals surface area (Å²) in [6.45, 7) is 10.5. The average molecular weight is 568 g/mol.